The molecule has 0 aromatic heterocycles. The number of nitrogens with one attached hydrogen (secondary N) is 1. The first-order chi connectivity index (χ1) is 11.7. The van der Waals surface area contributed by atoms with E-state index in [2.05, 4.69) is 24.1 Å². The summed E-state index contributed by atoms with van der Waals surface area (Å²) >= 11 is 0. The normalized spacial score (nSPS) is 11.0. The average molecular weight is 335 g/mol. The quantitative estimate of drug-likeness (QED) is 0.439. The Morgan fingerprint density at radius 2 is 1.58 bits per heavy atom. The third-order valence-electron chi connectivity index (χ3n) is 4.19. The summed E-state index contributed by atoms with van der Waals surface area (Å²) in [4.78, 5) is 14.0. The second-order valence-corrected chi connectivity index (χ2v) is 6.27. The Morgan fingerprint density at radius 3 is 2.12 bits per heavy atom. The van der Waals surface area contributed by atoms with E-state index in [1.807, 2.05) is 24.3 Å². The highest BCUT2D eigenvalue weighted by Gasteiger charge is 2.05. The van der Waals surface area contributed by atoms with Crippen LogP contribution in [-0.2, 0) is 11.3 Å². The summed E-state index contributed by atoms with van der Waals surface area (Å²) in [6.45, 7) is 10.0. The van der Waals surface area contributed by atoms with E-state index < -0.39 is 0 Å². The molecule has 0 radical (unpaired) electrons. The first-order valence-corrected chi connectivity index (χ1v) is 9.31. The zero-order valence-electron chi connectivity index (χ0n) is 15.6. The van der Waals surface area contributed by atoms with Gasteiger partial charge in [-0.05, 0) is 63.1 Å². The van der Waals surface area contributed by atoms with E-state index in [4.69, 9.17) is 4.74 Å². The summed E-state index contributed by atoms with van der Waals surface area (Å²) in [6, 6.07) is 7.60. The van der Waals surface area contributed by atoms with Gasteiger partial charge in [-0.15, -0.1) is 0 Å². The molecule has 0 aliphatic carbocycles. The van der Waals surface area contributed by atoms with E-state index in [0.717, 1.165) is 13.1 Å². The zero-order valence-corrected chi connectivity index (χ0v) is 15.6. The third-order valence-corrected chi connectivity index (χ3v) is 4.19. The molecule has 136 valence electrons. The zero-order chi connectivity index (χ0) is 17.6. The van der Waals surface area contributed by atoms with Crippen molar-refractivity contribution < 1.29 is 9.53 Å². The van der Waals surface area contributed by atoms with Crippen molar-refractivity contribution >= 4 is 5.97 Å². The first kappa shape index (κ1) is 20.7. The summed E-state index contributed by atoms with van der Waals surface area (Å²) in [5.41, 5.74) is 1.79. The van der Waals surface area contributed by atoms with Crippen molar-refractivity contribution in [3.05, 3.63) is 35.4 Å². The van der Waals surface area contributed by atoms with Crippen molar-refractivity contribution in [3.8, 4) is 0 Å². The van der Waals surface area contributed by atoms with Crippen LogP contribution < -0.4 is 5.32 Å². The van der Waals surface area contributed by atoms with Gasteiger partial charge in [-0.2, -0.15) is 0 Å². The summed E-state index contributed by atoms with van der Waals surface area (Å²) in [5, 5.41) is 3.49. The predicted octanol–water partition coefficient (Wildman–Crippen LogP) is 3.86. The van der Waals surface area contributed by atoms with E-state index in [1.54, 1.807) is 0 Å². The highest BCUT2D eigenvalue weighted by molar-refractivity contribution is 5.89. The lowest BCUT2D eigenvalue weighted by Crippen LogP contribution is -2.29. The fourth-order valence-corrected chi connectivity index (χ4v) is 2.64. The molecule has 0 heterocycles. The van der Waals surface area contributed by atoms with Gasteiger partial charge in [0.15, 0.2) is 0 Å². The van der Waals surface area contributed by atoms with Gasteiger partial charge in [0.1, 0.15) is 0 Å². The third kappa shape index (κ3) is 8.46. The van der Waals surface area contributed by atoms with E-state index in [9.17, 15) is 4.79 Å². The van der Waals surface area contributed by atoms with E-state index in [-0.39, 0.29) is 5.97 Å². The van der Waals surface area contributed by atoms with Crippen molar-refractivity contribution in [1.82, 2.24) is 10.2 Å². The van der Waals surface area contributed by atoms with Crippen LogP contribution in [0.3, 0.4) is 0 Å². The maximum absolute atomic E-state index is 11.4. The van der Waals surface area contributed by atoms with Gasteiger partial charge in [0.05, 0.1) is 12.7 Å². The number of unbranched alkanes of at least 4 members (excludes halogenated alkanes) is 2. The number of methoxy groups -OCH3 is 1. The van der Waals surface area contributed by atoms with Crippen LogP contribution in [0.1, 0.15) is 61.9 Å². The molecule has 0 aliphatic heterocycles. The van der Waals surface area contributed by atoms with Crippen LogP contribution in [0.25, 0.3) is 0 Å². The van der Waals surface area contributed by atoms with Gasteiger partial charge in [0.2, 0.25) is 0 Å². The first-order valence-electron chi connectivity index (χ1n) is 9.31. The minimum atomic E-state index is -0.284. The van der Waals surface area contributed by atoms with Crippen molar-refractivity contribution in [3.63, 3.8) is 0 Å². The standard InChI is InChI=1S/C20H34N2O2/c1-4-6-14-22(15-7-5-2)16-8-13-21-17-18-9-11-19(12-10-18)20(23)24-3/h9-12,21H,4-8,13-17H2,1-3H3. The minimum absolute atomic E-state index is 0.284. The van der Waals surface area contributed by atoms with Crippen molar-refractivity contribution in [2.24, 2.45) is 0 Å². The summed E-state index contributed by atoms with van der Waals surface area (Å²) in [7, 11) is 1.40. The molecule has 1 aromatic rings. The Balaban J connectivity index is 2.22. The largest absolute Gasteiger partial charge is 0.465 e. The lowest BCUT2D eigenvalue weighted by atomic mass is 10.1. The molecule has 0 saturated heterocycles. The van der Waals surface area contributed by atoms with Crippen molar-refractivity contribution in [1.29, 1.82) is 0 Å². The molecule has 0 fully saturated rings. The van der Waals surface area contributed by atoms with Crippen LogP contribution in [0.2, 0.25) is 0 Å². The molecule has 0 unspecified atom stereocenters. The van der Waals surface area contributed by atoms with Crippen LogP contribution in [0.15, 0.2) is 24.3 Å². The number of nitrogens with zero attached hydrogens (tertiary/aromatic N) is 1. The Kier molecular flexibility index (Phi) is 11.2. The molecule has 0 saturated carbocycles. The molecule has 4 heteroatoms. The lowest BCUT2D eigenvalue weighted by molar-refractivity contribution is 0.0600. The van der Waals surface area contributed by atoms with E-state index in [1.165, 1.54) is 64.4 Å². The van der Waals surface area contributed by atoms with Crippen LogP contribution in [0.5, 0.6) is 0 Å². The van der Waals surface area contributed by atoms with Crippen molar-refractivity contribution in [2.75, 3.05) is 33.3 Å². The molecule has 0 aliphatic rings. The Hall–Kier alpha value is -1.39. The second-order valence-electron chi connectivity index (χ2n) is 6.27. The van der Waals surface area contributed by atoms with Gasteiger partial charge in [-0.1, -0.05) is 38.8 Å². The summed E-state index contributed by atoms with van der Waals surface area (Å²) < 4.78 is 4.71. The van der Waals surface area contributed by atoms with Gasteiger partial charge in [-0.3, -0.25) is 0 Å². The number of ether oxygens (including phenoxy) is 1. The Labute approximate surface area is 147 Å². The number of rotatable bonds is 13. The highest BCUT2D eigenvalue weighted by atomic mass is 16.5. The van der Waals surface area contributed by atoms with Gasteiger partial charge in [-0.25, -0.2) is 4.79 Å². The maximum atomic E-state index is 11.4. The second kappa shape index (κ2) is 13.0. The number of carbonyl (C=O) groups is 1. The molecule has 1 aromatic carbocycles. The topological polar surface area (TPSA) is 41.6 Å². The fraction of sp³-hybridized carbons (Fsp3) is 0.650. The van der Waals surface area contributed by atoms with E-state index in [0.29, 0.717) is 5.56 Å². The lowest BCUT2D eigenvalue weighted by Gasteiger charge is -2.21. The number of carbonyl (C=O) groups excluding carboxylic acids is 1. The average Bonchev–Trinajstić information content (AvgIpc) is 2.62. The van der Waals surface area contributed by atoms with Crippen molar-refractivity contribution in [2.45, 2.75) is 52.5 Å². The highest BCUT2D eigenvalue weighted by Crippen LogP contribution is 2.06. The molecule has 1 rings (SSSR count). The number of benzene rings is 1. The van der Waals surface area contributed by atoms with Gasteiger partial charge < -0.3 is 15.0 Å². The van der Waals surface area contributed by atoms with E-state index >= 15 is 0 Å². The smallest absolute Gasteiger partial charge is 0.337 e. The SMILES string of the molecule is CCCCN(CCCC)CCCNCc1ccc(C(=O)OC)cc1. The molecule has 24 heavy (non-hydrogen) atoms. The minimum Gasteiger partial charge on any atom is -0.465 e. The number of hydrogen-bond acceptors (Lipinski definition) is 4. The molecule has 4 nitrogen and oxygen atoms in total. The van der Waals surface area contributed by atoms with Crippen LogP contribution in [-0.4, -0.2) is 44.2 Å². The van der Waals surface area contributed by atoms with Crippen LogP contribution in [0, 0.1) is 0 Å². The Morgan fingerprint density at radius 1 is 1.00 bits per heavy atom. The number of esters is 1. The number of hydrogen-bond donors (Lipinski definition) is 1. The molecule has 0 atom stereocenters. The molecular weight excluding hydrogens is 300 g/mol. The van der Waals surface area contributed by atoms with Gasteiger partial charge in [0, 0.05) is 6.54 Å². The molecule has 1 N–H and O–H groups in total. The molecule has 0 spiro atoms. The molecule has 0 amide bonds. The maximum Gasteiger partial charge on any atom is 0.337 e. The van der Waals surface area contributed by atoms with Crippen LogP contribution >= 0.6 is 0 Å². The van der Waals surface area contributed by atoms with Crippen LogP contribution in [0.4, 0.5) is 0 Å². The molecular formula is C20H34N2O2. The molecule has 0 bridgehead atoms. The summed E-state index contributed by atoms with van der Waals surface area (Å²) in [5.74, 6) is -0.284. The van der Waals surface area contributed by atoms with Gasteiger partial charge in [0.25, 0.3) is 0 Å². The monoisotopic (exact) mass is 334 g/mol. The van der Waals surface area contributed by atoms with Gasteiger partial charge >= 0.3 is 5.97 Å². The fourth-order valence-electron chi connectivity index (χ4n) is 2.64. The Bertz CT molecular complexity index is 437. The summed E-state index contributed by atoms with van der Waals surface area (Å²) in [6.07, 6.45) is 6.30. The predicted molar refractivity (Wildman–Crippen MR) is 100 cm³/mol.